The third-order valence-electron chi connectivity index (χ3n) is 2.42. The first kappa shape index (κ1) is 16.0. The number of nitrogens with two attached hydrogens (primary N) is 1. The highest BCUT2D eigenvalue weighted by molar-refractivity contribution is 8.18. The van der Waals surface area contributed by atoms with Crippen molar-refractivity contribution in [1.82, 2.24) is 4.90 Å². The van der Waals surface area contributed by atoms with E-state index < -0.39 is 0 Å². The number of nitrogens with zero attached hydrogens (tertiary/aromatic N) is 1. The molecule has 0 spiro atoms. The molecule has 0 bridgehead atoms. The first-order valence-corrected chi connectivity index (χ1v) is 6.53. The summed E-state index contributed by atoms with van der Waals surface area (Å²) in [5.41, 5.74) is 6.08. The zero-order chi connectivity index (χ0) is 13.1. The third-order valence-corrected chi connectivity index (χ3v) is 3.67. The van der Waals surface area contributed by atoms with Crippen LogP contribution in [-0.4, -0.2) is 29.1 Å². The van der Waals surface area contributed by atoms with E-state index in [0.29, 0.717) is 9.93 Å². The fraction of sp³-hybridized carbons (Fsp3) is 0.167. The molecule has 7 heteroatoms. The van der Waals surface area contributed by atoms with E-state index in [1.54, 1.807) is 24.3 Å². The van der Waals surface area contributed by atoms with Gasteiger partial charge in [0.15, 0.2) is 0 Å². The van der Waals surface area contributed by atoms with Gasteiger partial charge < -0.3 is 5.73 Å². The van der Waals surface area contributed by atoms with Crippen molar-refractivity contribution in [2.24, 2.45) is 5.73 Å². The summed E-state index contributed by atoms with van der Waals surface area (Å²) in [5, 5.41) is 0.256. The van der Waals surface area contributed by atoms with Crippen LogP contribution < -0.4 is 5.73 Å². The highest BCUT2D eigenvalue weighted by Gasteiger charge is 2.34. The Morgan fingerprint density at radius 3 is 2.63 bits per heavy atom. The Morgan fingerprint density at radius 1 is 1.32 bits per heavy atom. The Balaban J connectivity index is 0.00000180. The molecule has 0 unspecified atom stereocenters. The minimum atomic E-state index is -0.310. The van der Waals surface area contributed by atoms with E-state index in [9.17, 15) is 9.59 Å². The molecule has 1 fully saturated rings. The van der Waals surface area contributed by atoms with Gasteiger partial charge in [-0.2, -0.15) is 0 Å². The molecule has 1 aromatic rings. The zero-order valence-corrected chi connectivity index (χ0v) is 12.2. The summed E-state index contributed by atoms with van der Waals surface area (Å²) in [6.45, 7) is 0.502. The van der Waals surface area contributed by atoms with Gasteiger partial charge in [0, 0.05) is 18.1 Å². The van der Waals surface area contributed by atoms with Crippen LogP contribution in [0.25, 0.3) is 6.08 Å². The highest BCUT2D eigenvalue weighted by atomic mass is 35.5. The average molecular weight is 319 g/mol. The van der Waals surface area contributed by atoms with Gasteiger partial charge in [0.1, 0.15) is 0 Å². The van der Waals surface area contributed by atoms with E-state index >= 15 is 0 Å². The molecule has 1 aromatic carbocycles. The number of rotatable bonds is 3. The van der Waals surface area contributed by atoms with Crippen LogP contribution in [0.2, 0.25) is 5.02 Å². The van der Waals surface area contributed by atoms with Gasteiger partial charge >= 0.3 is 0 Å². The van der Waals surface area contributed by atoms with E-state index in [4.69, 9.17) is 17.3 Å². The van der Waals surface area contributed by atoms with Gasteiger partial charge in [-0.3, -0.25) is 14.5 Å². The molecule has 0 aromatic heterocycles. The predicted octanol–water partition coefficient (Wildman–Crippen LogP) is 2.76. The van der Waals surface area contributed by atoms with Crippen molar-refractivity contribution in [3.05, 3.63) is 39.8 Å². The van der Waals surface area contributed by atoms with E-state index in [2.05, 4.69) is 0 Å². The molecule has 102 valence electrons. The average Bonchev–Trinajstić information content (AvgIpc) is 2.60. The quantitative estimate of drug-likeness (QED) is 0.870. The molecule has 0 aliphatic carbocycles. The Hall–Kier alpha value is -1.01. The molecule has 2 amide bonds. The summed E-state index contributed by atoms with van der Waals surface area (Å²) < 4.78 is 0. The first-order chi connectivity index (χ1) is 8.63. The number of hydrogen-bond donors (Lipinski definition) is 1. The van der Waals surface area contributed by atoms with Gasteiger partial charge in [-0.15, -0.1) is 12.4 Å². The van der Waals surface area contributed by atoms with Gasteiger partial charge in [0.25, 0.3) is 11.1 Å². The molecule has 1 heterocycles. The fourth-order valence-electron chi connectivity index (χ4n) is 1.56. The summed E-state index contributed by atoms with van der Waals surface area (Å²) in [6, 6.07) is 7.15. The smallest absolute Gasteiger partial charge is 0.293 e. The predicted molar refractivity (Wildman–Crippen MR) is 80.4 cm³/mol. The second kappa shape index (κ2) is 6.96. The Bertz CT molecular complexity index is 534. The normalized spacial score (nSPS) is 16.9. The molecule has 1 saturated heterocycles. The summed E-state index contributed by atoms with van der Waals surface area (Å²) in [4.78, 5) is 25.1. The summed E-state index contributed by atoms with van der Waals surface area (Å²) in [7, 11) is 0. The second-order valence-corrected chi connectivity index (χ2v) is 5.04. The van der Waals surface area contributed by atoms with Crippen molar-refractivity contribution < 1.29 is 9.59 Å². The molecule has 0 atom stereocenters. The number of carbonyl (C=O) groups is 2. The Labute approximate surface area is 126 Å². The second-order valence-electron chi connectivity index (χ2n) is 3.64. The molecule has 0 saturated carbocycles. The van der Waals surface area contributed by atoms with Gasteiger partial charge in [-0.05, 0) is 29.5 Å². The minimum absolute atomic E-state index is 0. The maximum Gasteiger partial charge on any atom is 0.293 e. The van der Waals surface area contributed by atoms with Gasteiger partial charge in [0.2, 0.25) is 0 Å². The third kappa shape index (κ3) is 3.51. The van der Waals surface area contributed by atoms with Crippen molar-refractivity contribution in [2.75, 3.05) is 13.1 Å². The van der Waals surface area contributed by atoms with E-state index in [1.165, 1.54) is 0 Å². The monoisotopic (exact) mass is 318 g/mol. The highest BCUT2D eigenvalue weighted by Crippen LogP contribution is 2.32. The van der Waals surface area contributed by atoms with Crippen molar-refractivity contribution in [2.45, 2.75) is 0 Å². The lowest BCUT2D eigenvalue weighted by molar-refractivity contribution is -0.122. The SMILES string of the molecule is Cl.NCCN1C(=O)S/C(=C\c2ccccc2Cl)C1=O. The minimum Gasteiger partial charge on any atom is -0.329 e. The summed E-state index contributed by atoms with van der Waals surface area (Å²) in [6.07, 6.45) is 1.63. The lowest BCUT2D eigenvalue weighted by Crippen LogP contribution is -2.33. The maximum atomic E-state index is 11.9. The topological polar surface area (TPSA) is 63.4 Å². The van der Waals surface area contributed by atoms with Crippen LogP contribution in [0.1, 0.15) is 5.56 Å². The van der Waals surface area contributed by atoms with Crippen LogP contribution in [0.4, 0.5) is 4.79 Å². The molecular weight excluding hydrogens is 307 g/mol. The van der Waals surface area contributed by atoms with Crippen LogP contribution in [-0.2, 0) is 4.79 Å². The Morgan fingerprint density at radius 2 is 2.00 bits per heavy atom. The molecule has 2 rings (SSSR count). The van der Waals surface area contributed by atoms with Crippen molar-refractivity contribution >= 4 is 53.0 Å². The number of imide groups is 1. The summed E-state index contributed by atoms with van der Waals surface area (Å²) in [5.74, 6) is -0.310. The van der Waals surface area contributed by atoms with Crippen molar-refractivity contribution in [1.29, 1.82) is 0 Å². The van der Waals surface area contributed by atoms with Crippen molar-refractivity contribution in [3.63, 3.8) is 0 Å². The standard InChI is InChI=1S/C12H11ClN2O2S.ClH/c13-9-4-2-1-3-8(9)7-10-11(16)15(6-5-14)12(17)18-10;/h1-4,7H,5-6,14H2;1H/b10-7-;. The molecule has 4 nitrogen and oxygen atoms in total. The van der Waals surface area contributed by atoms with Crippen molar-refractivity contribution in [3.8, 4) is 0 Å². The first-order valence-electron chi connectivity index (χ1n) is 5.33. The lowest BCUT2D eigenvalue weighted by Gasteiger charge is -2.09. The van der Waals surface area contributed by atoms with Crippen LogP contribution >= 0.6 is 35.8 Å². The van der Waals surface area contributed by atoms with Crippen LogP contribution in [0.5, 0.6) is 0 Å². The van der Waals surface area contributed by atoms with Gasteiger partial charge in [0.05, 0.1) is 4.91 Å². The summed E-state index contributed by atoms with van der Waals surface area (Å²) >= 11 is 6.91. The van der Waals surface area contributed by atoms with Gasteiger partial charge in [-0.25, -0.2) is 0 Å². The van der Waals surface area contributed by atoms with Crippen LogP contribution in [0, 0.1) is 0 Å². The Kier molecular flexibility index (Phi) is 5.87. The van der Waals surface area contributed by atoms with Gasteiger partial charge in [-0.1, -0.05) is 29.8 Å². The number of halogens is 2. The zero-order valence-electron chi connectivity index (χ0n) is 9.84. The molecule has 19 heavy (non-hydrogen) atoms. The molecule has 1 aliphatic rings. The maximum absolute atomic E-state index is 11.9. The molecule has 1 aliphatic heterocycles. The van der Waals surface area contributed by atoms with E-state index in [1.807, 2.05) is 6.07 Å². The number of hydrogen-bond acceptors (Lipinski definition) is 4. The number of benzene rings is 1. The molecule has 0 radical (unpaired) electrons. The van der Waals surface area contributed by atoms with E-state index in [0.717, 1.165) is 22.2 Å². The van der Waals surface area contributed by atoms with Crippen LogP contribution in [0.3, 0.4) is 0 Å². The largest absolute Gasteiger partial charge is 0.329 e. The molecular formula is C12H12Cl2N2O2S. The fourth-order valence-corrected chi connectivity index (χ4v) is 2.60. The number of amides is 2. The number of carbonyl (C=O) groups excluding carboxylic acids is 2. The number of thioether (sulfide) groups is 1. The van der Waals surface area contributed by atoms with Crippen LogP contribution in [0.15, 0.2) is 29.2 Å². The van der Waals surface area contributed by atoms with E-state index in [-0.39, 0.29) is 36.6 Å². The molecule has 2 N–H and O–H groups in total. The lowest BCUT2D eigenvalue weighted by atomic mass is 10.2.